The minimum Gasteiger partial charge on any atom is -0.323 e. The van der Waals surface area contributed by atoms with Crippen LogP contribution in [0.15, 0.2) is 47.4 Å². The van der Waals surface area contributed by atoms with E-state index in [9.17, 15) is 0 Å². The highest BCUT2D eigenvalue weighted by Gasteiger charge is 2.29. The van der Waals surface area contributed by atoms with Crippen molar-refractivity contribution < 1.29 is 0 Å². The lowest BCUT2D eigenvalue weighted by molar-refractivity contribution is 0.607. The van der Waals surface area contributed by atoms with E-state index in [1.807, 2.05) is 30.8 Å². The second-order valence-electron chi connectivity index (χ2n) is 4.99. The first-order valence-corrected chi connectivity index (χ1v) is 7.76. The number of fused-ring (bicyclic) bond motifs is 1. The third-order valence-electron chi connectivity index (χ3n) is 3.75. The predicted octanol–water partition coefficient (Wildman–Crippen LogP) is 4.54. The minimum atomic E-state index is 0.00856. The summed E-state index contributed by atoms with van der Waals surface area (Å²) in [6.07, 6.45) is 0. The fourth-order valence-corrected chi connectivity index (χ4v) is 4.03. The number of hydrogen-bond acceptors (Lipinski definition) is 2. The molecule has 2 unspecified atom stereocenters. The van der Waals surface area contributed by atoms with Gasteiger partial charge in [-0.05, 0) is 35.7 Å². The zero-order valence-electron chi connectivity index (χ0n) is 10.8. The molecule has 19 heavy (non-hydrogen) atoms. The van der Waals surface area contributed by atoms with Crippen LogP contribution in [0.3, 0.4) is 0 Å². The molecule has 0 spiro atoms. The molecule has 1 nitrogen and oxygen atoms in total. The Kier molecular flexibility index (Phi) is 3.57. The number of nitrogens with two attached hydrogens (primary N) is 1. The zero-order valence-corrected chi connectivity index (χ0v) is 12.3. The molecule has 2 atom stereocenters. The highest BCUT2D eigenvalue weighted by atomic mass is 35.5. The van der Waals surface area contributed by atoms with Crippen molar-refractivity contribution in [3.63, 3.8) is 0 Å². The molecule has 0 aliphatic carbocycles. The lowest BCUT2D eigenvalue weighted by Gasteiger charge is -2.20. The first kappa shape index (κ1) is 13.0. The molecule has 2 aromatic rings. The summed E-state index contributed by atoms with van der Waals surface area (Å²) in [6, 6.07) is 14.7. The number of halogens is 1. The molecule has 0 saturated heterocycles. The zero-order chi connectivity index (χ0) is 13.4. The molecule has 3 rings (SSSR count). The summed E-state index contributed by atoms with van der Waals surface area (Å²) in [5, 5.41) is 0.798. The Morgan fingerprint density at radius 1 is 1.26 bits per heavy atom. The molecule has 0 bridgehead atoms. The van der Waals surface area contributed by atoms with Crippen LogP contribution in [0.1, 0.15) is 28.7 Å². The van der Waals surface area contributed by atoms with E-state index < -0.39 is 0 Å². The maximum absolute atomic E-state index is 6.46. The lowest BCUT2D eigenvalue weighted by atomic mass is 9.89. The van der Waals surface area contributed by atoms with E-state index in [0.29, 0.717) is 5.92 Å². The van der Waals surface area contributed by atoms with Gasteiger partial charge in [0.1, 0.15) is 0 Å². The summed E-state index contributed by atoms with van der Waals surface area (Å²) >= 11 is 8.10. The van der Waals surface area contributed by atoms with Gasteiger partial charge in [0.25, 0.3) is 0 Å². The van der Waals surface area contributed by atoms with Crippen LogP contribution in [0, 0.1) is 6.92 Å². The molecular weight excluding hydrogens is 274 g/mol. The molecule has 98 valence electrons. The van der Waals surface area contributed by atoms with Gasteiger partial charge in [0, 0.05) is 27.6 Å². The Morgan fingerprint density at radius 2 is 2.05 bits per heavy atom. The highest BCUT2D eigenvalue weighted by Crippen LogP contribution is 2.44. The van der Waals surface area contributed by atoms with Crippen LogP contribution in [-0.2, 0) is 0 Å². The van der Waals surface area contributed by atoms with Crippen molar-refractivity contribution in [3.05, 3.63) is 64.2 Å². The number of rotatable bonds is 2. The van der Waals surface area contributed by atoms with Crippen molar-refractivity contribution in [3.8, 4) is 0 Å². The summed E-state index contributed by atoms with van der Waals surface area (Å²) < 4.78 is 0. The number of hydrogen-bond donors (Lipinski definition) is 1. The maximum atomic E-state index is 6.46. The molecule has 0 fully saturated rings. The summed E-state index contributed by atoms with van der Waals surface area (Å²) in [5.74, 6) is 1.42. The second-order valence-corrected chi connectivity index (χ2v) is 6.46. The average Bonchev–Trinajstić information content (AvgIpc) is 2.85. The third-order valence-corrected chi connectivity index (χ3v) is 5.37. The standard InChI is InChI=1S/C16H16ClNS/c1-10-6-7-11(8-14(10)17)16(18)13-9-19-15-5-3-2-4-12(13)15/h2-8,13,16H,9,18H2,1H3. The van der Waals surface area contributed by atoms with Crippen molar-refractivity contribution in [2.24, 2.45) is 5.73 Å². The number of aryl methyl sites for hydroxylation is 1. The van der Waals surface area contributed by atoms with Gasteiger partial charge in [-0.2, -0.15) is 0 Å². The third kappa shape index (κ3) is 2.40. The minimum absolute atomic E-state index is 0.00856. The molecule has 1 aliphatic rings. The predicted molar refractivity (Wildman–Crippen MR) is 83.0 cm³/mol. The second kappa shape index (κ2) is 5.20. The molecule has 0 saturated carbocycles. The van der Waals surface area contributed by atoms with Crippen LogP contribution in [-0.4, -0.2) is 5.75 Å². The maximum Gasteiger partial charge on any atom is 0.0438 e. The molecule has 0 amide bonds. The average molecular weight is 290 g/mol. The first-order valence-electron chi connectivity index (χ1n) is 6.40. The molecule has 0 radical (unpaired) electrons. The van der Waals surface area contributed by atoms with Gasteiger partial charge in [-0.25, -0.2) is 0 Å². The van der Waals surface area contributed by atoms with E-state index in [2.05, 4.69) is 30.3 Å². The summed E-state index contributed by atoms with van der Waals surface area (Å²) in [5.41, 5.74) is 10.1. The van der Waals surface area contributed by atoms with E-state index in [1.165, 1.54) is 10.5 Å². The van der Waals surface area contributed by atoms with Gasteiger partial charge in [-0.15, -0.1) is 11.8 Å². The van der Waals surface area contributed by atoms with Crippen LogP contribution in [0.4, 0.5) is 0 Å². The van der Waals surface area contributed by atoms with Crippen LogP contribution >= 0.6 is 23.4 Å². The fraction of sp³-hybridized carbons (Fsp3) is 0.250. The van der Waals surface area contributed by atoms with Gasteiger partial charge in [0.05, 0.1) is 0 Å². The summed E-state index contributed by atoms with van der Waals surface area (Å²) in [4.78, 5) is 1.36. The van der Waals surface area contributed by atoms with Gasteiger partial charge < -0.3 is 5.73 Å². The van der Waals surface area contributed by atoms with E-state index in [4.69, 9.17) is 17.3 Å². The van der Waals surface area contributed by atoms with Crippen LogP contribution in [0.25, 0.3) is 0 Å². The van der Waals surface area contributed by atoms with Crippen molar-refractivity contribution >= 4 is 23.4 Å². The molecule has 2 N–H and O–H groups in total. The summed E-state index contributed by atoms with van der Waals surface area (Å²) in [7, 11) is 0. The smallest absolute Gasteiger partial charge is 0.0438 e. The van der Waals surface area contributed by atoms with Crippen molar-refractivity contribution in [2.75, 3.05) is 5.75 Å². The van der Waals surface area contributed by atoms with E-state index in [0.717, 1.165) is 21.9 Å². The van der Waals surface area contributed by atoms with Gasteiger partial charge in [0.2, 0.25) is 0 Å². The largest absolute Gasteiger partial charge is 0.323 e. The molecule has 1 aliphatic heterocycles. The lowest BCUT2D eigenvalue weighted by Crippen LogP contribution is -2.19. The van der Waals surface area contributed by atoms with Gasteiger partial charge >= 0.3 is 0 Å². The molecule has 1 heterocycles. The number of thioether (sulfide) groups is 1. The fourth-order valence-electron chi connectivity index (χ4n) is 2.53. The van der Waals surface area contributed by atoms with Crippen LogP contribution in [0.2, 0.25) is 5.02 Å². The van der Waals surface area contributed by atoms with Crippen molar-refractivity contribution in [2.45, 2.75) is 23.8 Å². The Bertz CT molecular complexity index is 611. The normalized spacial score (nSPS) is 19.2. The van der Waals surface area contributed by atoms with E-state index in [1.54, 1.807) is 0 Å². The number of benzene rings is 2. The van der Waals surface area contributed by atoms with E-state index in [-0.39, 0.29) is 6.04 Å². The first-order chi connectivity index (χ1) is 9.16. The van der Waals surface area contributed by atoms with Crippen LogP contribution < -0.4 is 5.73 Å². The SMILES string of the molecule is Cc1ccc(C(N)C2CSc3ccccc32)cc1Cl. The van der Waals surface area contributed by atoms with E-state index >= 15 is 0 Å². The molecular formula is C16H16ClNS. The quantitative estimate of drug-likeness (QED) is 0.878. The van der Waals surface area contributed by atoms with Gasteiger partial charge in [0.15, 0.2) is 0 Å². The highest BCUT2D eigenvalue weighted by molar-refractivity contribution is 7.99. The Balaban J connectivity index is 1.93. The summed E-state index contributed by atoms with van der Waals surface area (Å²) in [6.45, 7) is 2.01. The molecule has 2 aromatic carbocycles. The van der Waals surface area contributed by atoms with Crippen molar-refractivity contribution in [1.82, 2.24) is 0 Å². The molecule has 3 heteroatoms. The van der Waals surface area contributed by atoms with Crippen LogP contribution in [0.5, 0.6) is 0 Å². The monoisotopic (exact) mass is 289 g/mol. The Morgan fingerprint density at radius 3 is 2.84 bits per heavy atom. The van der Waals surface area contributed by atoms with Gasteiger partial charge in [-0.3, -0.25) is 0 Å². The van der Waals surface area contributed by atoms with Crippen molar-refractivity contribution in [1.29, 1.82) is 0 Å². The van der Waals surface area contributed by atoms with Gasteiger partial charge in [-0.1, -0.05) is 41.9 Å². The Hall–Kier alpha value is -0.960. The topological polar surface area (TPSA) is 26.0 Å². The molecule has 0 aromatic heterocycles. The Labute approximate surface area is 123 Å².